The molecule has 0 bridgehead atoms. The summed E-state index contributed by atoms with van der Waals surface area (Å²) in [7, 11) is -3.72. The van der Waals surface area contributed by atoms with Crippen molar-refractivity contribution in [1.29, 1.82) is 0 Å². The SMILES string of the molecule is Cc1ccc(S(=O)(=O)CC(=O)Nc2cccc(Cl)c2N2CCOCC2)cc1. The molecule has 2 aromatic carbocycles. The molecule has 0 spiro atoms. The molecule has 0 aliphatic carbocycles. The summed E-state index contributed by atoms with van der Waals surface area (Å²) in [5, 5.41) is 3.20. The first-order valence-corrected chi connectivity index (χ1v) is 10.6. The first-order valence-electron chi connectivity index (χ1n) is 8.57. The average molecular weight is 409 g/mol. The molecule has 1 heterocycles. The van der Waals surface area contributed by atoms with Gasteiger partial charge in [0.15, 0.2) is 9.84 Å². The van der Waals surface area contributed by atoms with Crippen molar-refractivity contribution in [3.05, 3.63) is 53.1 Å². The average Bonchev–Trinajstić information content (AvgIpc) is 2.62. The normalized spacial score (nSPS) is 14.8. The molecule has 1 N–H and O–H groups in total. The van der Waals surface area contributed by atoms with Crippen LogP contribution < -0.4 is 10.2 Å². The highest BCUT2D eigenvalue weighted by Gasteiger charge is 2.22. The van der Waals surface area contributed by atoms with Crippen LogP contribution >= 0.6 is 11.6 Å². The molecule has 1 amide bonds. The molecule has 2 aromatic rings. The number of carbonyl (C=O) groups excluding carboxylic acids is 1. The number of amides is 1. The van der Waals surface area contributed by atoms with Crippen LogP contribution in [0.2, 0.25) is 5.02 Å². The van der Waals surface area contributed by atoms with Crippen molar-refractivity contribution >= 4 is 38.7 Å². The van der Waals surface area contributed by atoms with Gasteiger partial charge in [-0.25, -0.2) is 8.42 Å². The number of sulfone groups is 1. The molecular weight excluding hydrogens is 388 g/mol. The highest BCUT2D eigenvalue weighted by Crippen LogP contribution is 2.34. The van der Waals surface area contributed by atoms with Gasteiger partial charge in [0.25, 0.3) is 0 Å². The zero-order chi connectivity index (χ0) is 19.4. The molecule has 1 fully saturated rings. The van der Waals surface area contributed by atoms with E-state index in [9.17, 15) is 13.2 Å². The van der Waals surface area contributed by atoms with Crippen molar-refractivity contribution in [2.45, 2.75) is 11.8 Å². The van der Waals surface area contributed by atoms with Crippen LogP contribution in [0.1, 0.15) is 5.56 Å². The number of ether oxygens (including phenoxy) is 1. The third kappa shape index (κ3) is 4.80. The number of rotatable bonds is 5. The quantitative estimate of drug-likeness (QED) is 0.823. The van der Waals surface area contributed by atoms with Crippen molar-refractivity contribution in [1.82, 2.24) is 0 Å². The summed E-state index contributed by atoms with van der Waals surface area (Å²) in [4.78, 5) is 14.6. The maximum atomic E-state index is 12.5. The van der Waals surface area contributed by atoms with E-state index in [-0.39, 0.29) is 4.90 Å². The predicted molar refractivity (Wildman–Crippen MR) is 106 cm³/mol. The minimum Gasteiger partial charge on any atom is -0.378 e. The van der Waals surface area contributed by atoms with Gasteiger partial charge < -0.3 is 15.0 Å². The van der Waals surface area contributed by atoms with E-state index in [1.54, 1.807) is 30.3 Å². The van der Waals surface area contributed by atoms with E-state index in [1.165, 1.54) is 12.1 Å². The Hall–Kier alpha value is -2.09. The fourth-order valence-electron chi connectivity index (χ4n) is 2.91. The Morgan fingerprint density at radius 1 is 1.15 bits per heavy atom. The van der Waals surface area contributed by atoms with Gasteiger partial charge in [-0.05, 0) is 31.2 Å². The van der Waals surface area contributed by atoms with E-state index in [0.717, 1.165) is 5.56 Å². The van der Waals surface area contributed by atoms with Crippen molar-refractivity contribution in [3.63, 3.8) is 0 Å². The summed E-state index contributed by atoms with van der Waals surface area (Å²) in [6.07, 6.45) is 0. The molecule has 3 rings (SSSR count). The molecule has 144 valence electrons. The third-order valence-electron chi connectivity index (χ3n) is 4.29. The molecule has 1 aliphatic heterocycles. The summed E-state index contributed by atoms with van der Waals surface area (Å²) in [5.41, 5.74) is 2.13. The van der Waals surface area contributed by atoms with Gasteiger partial charge >= 0.3 is 0 Å². The number of hydrogen-bond acceptors (Lipinski definition) is 5. The van der Waals surface area contributed by atoms with Gasteiger partial charge in [-0.3, -0.25) is 4.79 Å². The fraction of sp³-hybridized carbons (Fsp3) is 0.316. The molecule has 8 heteroatoms. The first kappa shape index (κ1) is 19.7. The van der Waals surface area contributed by atoms with Crippen molar-refractivity contribution in [3.8, 4) is 0 Å². The van der Waals surface area contributed by atoms with Crippen molar-refractivity contribution in [2.24, 2.45) is 0 Å². The molecule has 0 aromatic heterocycles. The summed E-state index contributed by atoms with van der Waals surface area (Å²) in [6, 6.07) is 11.6. The second-order valence-electron chi connectivity index (χ2n) is 6.36. The first-order chi connectivity index (χ1) is 12.9. The van der Waals surface area contributed by atoms with E-state index in [1.807, 2.05) is 11.8 Å². The molecule has 27 heavy (non-hydrogen) atoms. The lowest BCUT2D eigenvalue weighted by Crippen LogP contribution is -2.37. The minimum atomic E-state index is -3.72. The lowest BCUT2D eigenvalue weighted by atomic mass is 10.2. The molecule has 0 atom stereocenters. The molecule has 1 aliphatic rings. The summed E-state index contributed by atoms with van der Waals surface area (Å²) < 4.78 is 30.3. The number of anilines is 2. The summed E-state index contributed by atoms with van der Waals surface area (Å²) in [5.74, 6) is -1.24. The van der Waals surface area contributed by atoms with E-state index >= 15 is 0 Å². The zero-order valence-corrected chi connectivity index (χ0v) is 16.5. The van der Waals surface area contributed by atoms with E-state index in [2.05, 4.69) is 5.32 Å². The van der Waals surface area contributed by atoms with Gasteiger partial charge in [-0.1, -0.05) is 35.4 Å². The van der Waals surface area contributed by atoms with E-state index in [0.29, 0.717) is 42.7 Å². The Morgan fingerprint density at radius 3 is 2.48 bits per heavy atom. The van der Waals surface area contributed by atoms with Crippen LogP contribution in [0.3, 0.4) is 0 Å². The smallest absolute Gasteiger partial charge is 0.240 e. The van der Waals surface area contributed by atoms with Gasteiger partial charge in [-0.15, -0.1) is 0 Å². The fourth-order valence-corrected chi connectivity index (χ4v) is 4.34. The highest BCUT2D eigenvalue weighted by molar-refractivity contribution is 7.92. The molecule has 0 radical (unpaired) electrons. The zero-order valence-electron chi connectivity index (χ0n) is 14.9. The Bertz CT molecular complexity index is 923. The Balaban J connectivity index is 1.78. The van der Waals surface area contributed by atoms with Gasteiger partial charge in [-0.2, -0.15) is 0 Å². The van der Waals surface area contributed by atoms with Gasteiger partial charge in [0.1, 0.15) is 5.75 Å². The number of hydrogen-bond donors (Lipinski definition) is 1. The Kier molecular flexibility index (Phi) is 6.04. The molecule has 0 saturated carbocycles. The lowest BCUT2D eigenvalue weighted by molar-refractivity contribution is -0.113. The number of morpholine rings is 1. The van der Waals surface area contributed by atoms with Crippen LogP contribution in [0.4, 0.5) is 11.4 Å². The lowest BCUT2D eigenvalue weighted by Gasteiger charge is -2.31. The van der Waals surface area contributed by atoms with Crippen molar-refractivity contribution in [2.75, 3.05) is 42.3 Å². The molecule has 6 nitrogen and oxygen atoms in total. The number of aryl methyl sites for hydroxylation is 1. The van der Waals surface area contributed by atoms with E-state index in [4.69, 9.17) is 16.3 Å². The maximum absolute atomic E-state index is 12.5. The Labute approximate surface area is 164 Å². The monoisotopic (exact) mass is 408 g/mol. The minimum absolute atomic E-state index is 0.128. The summed E-state index contributed by atoms with van der Waals surface area (Å²) in [6.45, 7) is 4.30. The number of nitrogens with one attached hydrogen (secondary N) is 1. The second-order valence-corrected chi connectivity index (χ2v) is 8.75. The van der Waals surface area contributed by atoms with Crippen LogP contribution in [-0.4, -0.2) is 46.4 Å². The topological polar surface area (TPSA) is 75.7 Å². The number of para-hydroxylation sites is 1. The summed E-state index contributed by atoms with van der Waals surface area (Å²) >= 11 is 6.34. The highest BCUT2D eigenvalue weighted by atomic mass is 35.5. The van der Waals surface area contributed by atoms with Crippen LogP contribution in [0, 0.1) is 6.92 Å². The molecular formula is C19H21ClN2O4S. The standard InChI is InChI=1S/C19H21ClN2O4S/c1-14-5-7-15(8-6-14)27(24,25)13-18(23)21-17-4-2-3-16(20)19(17)22-9-11-26-12-10-22/h2-8H,9-13H2,1H3,(H,21,23). The van der Waals surface area contributed by atoms with Crippen LogP contribution in [0.5, 0.6) is 0 Å². The molecule has 1 saturated heterocycles. The van der Waals surface area contributed by atoms with Gasteiger partial charge in [0.05, 0.1) is 34.5 Å². The van der Waals surface area contributed by atoms with Crippen LogP contribution in [0.15, 0.2) is 47.4 Å². The van der Waals surface area contributed by atoms with Crippen LogP contribution in [-0.2, 0) is 19.4 Å². The largest absolute Gasteiger partial charge is 0.378 e. The number of benzene rings is 2. The Morgan fingerprint density at radius 2 is 1.81 bits per heavy atom. The molecule has 0 unspecified atom stereocenters. The van der Waals surface area contributed by atoms with Crippen molar-refractivity contribution < 1.29 is 17.9 Å². The number of halogens is 1. The number of nitrogens with zero attached hydrogens (tertiary/aromatic N) is 1. The van der Waals surface area contributed by atoms with Crippen LogP contribution in [0.25, 0.3) is 0 Å². The predicted octanol–water partition coefficient (Wildman–Crippen LogP) is 2.90. The van der Waals surface area contributed by atoms with Gasteiger partial charge in [0, 0.05) is 13.1 Å². The third-order valence-corrected chi connectivity index (χ3v) is 6.23. The maximum Gasteiger partial charge on any atom is 0.240 e. The van der Waals surface area contributed by atoms with E-state index < -0.39 is 21.5 Å². The number of carbonyl (C=O) groups is 1. The van der Waals surface area contributed by atoms with Gasteiger partial charge in [0.2, 0.25) is 5.91 Å². The second kappa shape index (κ2) is 8.29.